The Morgan fingerprint density at radius 2 is 1.12 bits per heavy atom. The average molecular weight is 470 g/mol. The molecule has 0 bridgehead atoms. The van der Waals surface area contributed by atoms with E-state index in [2.05, 4.69) is 81.0 Å². The quantitative estimate of drug-likeness (QED) is 0.432. The average Bonchev–Trinajstić information content (AvgIpc) is 2.73. The van der Waals surface area contributed by atoms with Crippen molar-refractivity contribution in [3.63, 3.8) is 0 Å². The number of carbonyl (C=O) groups is 2. The van der Waals surface area contributed by atoms with Crippen molar-refractivity contribution >= 4 is 12.1 Å². The van der Waals surface area contributed by atoms with Gasteiger partial charge in [0.2, 0.25) is 0 Å². The highest BCUT2D eigenvalue weighted by molar-refractivity contribution is 5.69. The van der Waals surface area contributed by atoms with Crippen LogP contribution in [0.5, 0.6) is 0 Å². The topological polar surface area (TPSA) is 78.6 Å². The first-order chi connectivity index (χ1) is 15.7. The third-order valence-corrected chi connectivity index (χ3v) is 5.41. The Bertz CT molecular complexity index is 842. The first-order valence-corrected chi connectivity index (χ1v) is 12.1. The number of primary amides is 1. The van der Waals surface area contributed by atoms with Crippen molar-refractivity contribution in [2.24, 2.45) is 5.73 Å². The lowest BCUT2D eigenvalue weighted by Crippen LogP contribution is -2.27. The largest absolute Gasteiger partial charge is 0.462 e. The van der Waals surface area contributed by atoms with Crippen LogP contribution in [0, 0.1) is 0 Å². The van der Waals surface area contributed by atoms with Gasteiger partial charge in [-0.25, -0.2) is 4.79 Å². The number of rotatable bonds is 7. The smallest absolute Gasteiger partial charge is 0.405 e. The highest BCUT2D eigenvalue weighted by atomic mass is 16.6. The molecule has 0 aromatic heterocycles. The molecule has 2 N–H and O–H groups in total. The molecule has 188 valence electrons. The zero-order valence-corrected chi connectivity index (χ0v) is 22.3. The van der Waals surface area contributed by atoms with Crippen LogP contribution in [0.2, 0.25) is 0 Å². The van der Waals surface area contributed by atoms with Gasteiger partial charge in [-0.05, 0) is 61.8 Å². The molecular formula is C29H43NO4. The Hall–Kier alpha value is -2.82. The third-order valence-electron chi connectivity index (χ3n) is 5.41. The fourth-order valence-electron chi connectivity index (χ4n) is 3.57. The number of benzene rings is 2. The van der Waals surface area contributed by atoms with E-state index in [0.29, 0.717) is 18.3 Å². The summed E-state index contributed by atoms with van der Waals surface area (Å²) >= 11 is 0. The van der Waals surface area contributed by atoms with Gasteiger partial charge in [0.1, 0.15) is 11.7 Å². The lowest BCUT2D eigenvalue weighted by Gasteiger charge is -2.26. The highest BCUT2D eigenvalue weighted by Crippen LogP contribution is 2.32. The minimum atomic E-state index is -0.725. The molecular weight excluding hydrogens is 426 g/mol. The summed E-state index contributed by atoms with van der Waals surface area (Å²) in [5.74, 6) is 0.888. The normalized spacial score (nSPS) is 12.2. The number of hydrogen-bond acceptors (Lipinski definition) is 4. The summed E-state index contributed by atoms with van der Waals surface area (Å²) in [6, 6.07) is 17.4. The summed E-state index contributed by atoms with van der Waals surface area (Å²) in [6.07, 6.45) is -0.537. The van der Waals surface area contributed by atoms with Crippen LogP contribution < -0.4 is 5.73 Å². The molecule has 0 saturated carbocycles. The molecule has 0 saturated heterocycles. The fraction of sp³-hybridized carbons (Fsp3) is 0.517. The van der Waals surface area contributed by atoms with Crippen LogP contribution in [-0.4, -0.2) is 23.8 Å². The lowest BCUT2D eigenvalue weighted by atomic mass is 9.85. The van der Waals surface area contributed by atoms with E-state index in [1.807, 2.05) is 13.8 Å². The van der Waals surface area contributed by atoms with Gasteiger partial charge in [0, 0.05) is 12.3 Å². The number of carbonyl (C=O) groups excluding carboxylic acids is 2. The van der Waals surface area contributed by atoms with E-state index in [0.717, 1.165) is 0 Å². The summed E-state index contributed by atoms with van der Waals surface area (Å²) in [6.45, 7) is 17.9. The van der Waals surface area contributed by atoms with Gasteiger partial charge in [-0.2, -0.15) is 0 Å². The summed E-state index contributed by atoms with van der Waals surface area (Å²) in [7, 11) is 0. The lowest BCUT2D eigenvalue weighted by molar-refractivity contribution is -0.148. The second-order valence-electron chi connectivity index (χ2n) is 10.2. The Kier molecular flexibility index (Phi) is 11.3. The van der Waals surface area contributed by atoms with Gasteiger partial charge < -0.3 is 15.2 Å². The molecule has 1 amide bonds. The molecule has 5 heteroatoms. The van der Waals surface area contributed by atoms with Crippen molar-refractivity contribution < 1.29 is 19.1 Å². The number of nitrogens with two attached hydrogens (primary N) is 1. The van der Waals surface area contributed by atoms with Gasteiger partial charge in [0.15, 0.2) is 0 Å². The SMILES string of the molecule is CC(C)(C)OC(N)=O.CCC(=O)OC(C)C(c1ccc(C(C)C)cc1)c1ccc(C(C)C)cc1. The van der Waals surface area contributed by atoms with Crippen molar-refractivity contribution in [1.29, 1.82) is 0 Å². The molecule has 1 atom stereocenters. The number of hydrogen-bond donors (Lipinski definition) is 1. The van der Waals surface area contributed by atoms with Crippen LogP contribution >= 0.6 is 0 Å². The molecule has 0 aliphatic carbocycles. The van der Waals surface area contributed by atoms with E-state index in [-0.39, 0.29) is 18.0 Å². The second kappa shape index (κ2) is 13.2. The van der Waals surface area contributed by atoms with Crippen molar-refractivity contribution in [3.05, 3.63) is 70.8 Å². The van der Waals surface area contributed by atoms with Gasteiger partial charge in [0.25, 0.3) is 0 Å². The summed E-state index contributed by atoms with van der Waals surface area (Å²) in [5, 5.41) is 0. The van der Waals surface area contributed by atoms with E-state index in [1.165, 1.54) is 22.3 Å². The minimum absolute atomic E-state index is 0.0351. The number of amides is 1. The van der Waals surface area contributed by atoms with E-state index < -0.39 is 11.7 Å². The highest BCUT2D eigenvalue weighted by Gasteiger charge is 2.24. The maximum atomic E-state index is 11.9. The molecule has 1 unspecified atom stereocenters. The maximum Gasteiger partial charge on any atom is 0.405 e. The van der Waals surface area contributed by atoms with Gasteiger partial charge in [-0.1, -0.05) is 83.1 Å². The third kappa shape index (κ3) is 9.98. The van der Waals surface area contributed by atoms with Crippen LogP contribution in [0.15, 0.2) is 48.5 Å². The molecule has 0 spiro atoms. The minimum Gasteiger partial charge on any atom is -0.462 e. The van der Waals surface area contributed by atoms with E-state index in [4.69, 9.17) is 10.5 Å². The molecule has 0 radical (unpaired) electrons. The van der Waals surface area contributed by atoms with Crippen LogP contribution in [0.25, 0.3) is 0 Å². The monoisotopic (exact) mass is 469 g/mol. The Labute approximate surface area is 206 Å². The molecule has 0 aliphatic heterocycles. The predicted molar refractivity (Wildman–Crippen MR) is 139 cm³/mol. The standard InChI is InChI=1S/C24H32O2.C5H11NO2/c1-7-23(25)26-18(6)24(21-12-8-19(9-13-21)16(2)3)22-14-10-20(11-15-22)17(4)5;1-5(2,3)8-4(6)7/h8-18,24H,7H2,1-6H3;1-3H3,(H2,6,7). The van der Waals surface area contributed by atoms with Crippen molar-refractivity contribution in [2.75, 3.05) is 0 Å². The zero-order valence-electron chi connectivity index (χ0n) is 22.3. The van der Waals surface area contributed by atoms with E-state index in [1.54, 1.807) is 20.8 Å². The first-order valence-electron chi connectivity index (χ1n) is 12.1. The van der Waals surface area contributed by atoms with Crippen molar-refractivity contribution in [1.82, 2.24) is 0 Å². The van der Waals surface area contributed by atoms with Crippen molar-refractivity contribution in [3.8, 4) is 0 Å². The van der Waals surface area contributed by atoms with Gasteiger partial charge in [-0.15, -0.1) is 0 Å². The van der Waals surface area contributed by atoms with E-state index >= 15 is 0 Å². The van der Waals surface area contributed by atoms with Crippen LogP contribution in [0.1, 0.15) is 109 Å². The number of esters is 1. The number of ether oxygens (including phenoxy) is 2. The van der Waals surface area contributed by atoms with Gasteiger partial charge in [-0.3, -0.25) is 4.79 Å². The maximum absolute atomic E-state index is 11.9. The molecule has 2 aromatic carbocycles. The Morgan fingerprint density at radius 3 is 1.35 bits per heavy atom. The summed E-state index contributed by atoms with van der Waals surface area (Å²) in [5.41, 5.74) is 9.27. The van der Waals surface area contributed by atoms with Crippen molar-refractivity contribution in [2.45, 2.75) is 98.2 Å². The molecule has 0 fully saturated rings. The first kappa shape index (κ1) is 29.2. The fourth-order valence-corrected chi connectivity index (χ4v) is 3.57. The predicted octanol–water partition coefficient (Wildman–Crippen LogP) is 7.29. The van der Waals surface area contributed by atoms with Crippen LogP contribution in [-0.2, 0) is 14.3 Å². The molecule has 0 heterocycles. The van der Waals surface area contributed by atoms with E-state index in [9.17, 15) is 9.59 Å². The van der Waals surface area contributed by atoms with Gasteiger partial charge in [0.05, 0.1) is 0 Å². The summed E-state index contributed by atoms with van der Waals surface area (Å²) in [4.78, 5) is 21.9. The molecule has 2 aromatic rings. The molecule has 34 heavy (non-hydrogen) atoms. The Balaban J connectivity index is 0.000000620. The molecule has 2 rings (SSSR count). The van der Waals surface area contributed by atoms with Crippen LogP contribution in [0.3, 0.4) is 0 Å². The molecule has 5 nitrogen and oxygen atoms in total. The second-order valence-corrected chi connectivity index (χ2v) is 10.2. The molecule has 0 aliphatic rings. The zero-order chi connectivity index (χ0) is 26.1. The van der Waals surface area contributed by atoms with Gasteiger partial charge >= 0.3 is 12.1 Å². The summed E-state index contributed by atoms with van der Waals surface area (Å²) < 4.78 is 10.3. The Morgan fingerprint density at radius 1 is 0.765 bits per heavy atom. The van der Waals surface area contributed by atoms with Crippen LogP contribution in [0.4, 0.5) is 4.79 Å².